The maximum atomic E-state index is 5.72. The zero-order valence-corrected chi connectivity index (χ0v) is 16.5. The highest BCUT2D eigenvalue weighted by Gasteiger charge is 1.99. The lowest BCUT2D eigenvalue weighted by molar-refractivity contribution is 0.312. The minimum Gasteiger partial charge on any atom is -0.494 e. The van der Waals surface area contributed by atoms with Crippen molar-refractivity contribution in [2.24, 2.45) is 0 Å². The van der Waals surface area contributed by atoms with Crippen LogP contribution in [0.15, 0.2) is 61.2 Å². The lowest BCUT2D eigenvalue weighted by atomic mass is 10.0. The van der Waals surface area contributed by atoms with Crippen LogP contribution in [0.2, 0.25) is 0 Å². The summed E-state index contributed by atoms with van der Waals surface area (Å²) in [4.78, 5) is 0. The second-order valence-corrected chi connectivity index (χ2v) is 6.71. The predicted octanol–water partition coefficient (Wildman–Crippen LogP) is 6.76. The molecule has 0 amide bonds. The molecule has 2 rings (SSSR count). The fourth-order valence-electron chi connectivity index (χ4n) is 2.71. The van der Waals surface area contributed by atoms with Gasteiger partial charge < -0.3 is 4.74 Å². The number of ether oxygens (including phenoxy) is 1. The molecule has 0 fully saturated rings. The number of benzene rings is 2. The van der Waals surface area contributed by atoms with Gasteiger partial charge in [-0.3, -0.25) is 0 Å². The van der Waals surface area contributed by atoms with Crippen molar-refractivity contribution in [2.75, 3.05) is 6.61 Å². The van der Waals surface area contributed by atoms with Gasteiger partial charge in [0.1, 0.15) is 5.75 Å². The minimum absolute atomic E-state index is 0.741. The van der Waals surface area contributed by atoms with Gasteiger partial charge in [-0.2, -0.15) is 0 Å². The molecule has 0 saturated carbocycles. The van der Waals surface area contributed by atoms with Crippen LogP contribution in [0.5, 0.6) is 5.75 Å². The molecule has 2 aromatic rings. The summed E-state index contributed by atoms with van der Waals surface area (Å²) in [7, 11) is 0. The van der Waals surface area contributed by atoms with Crippen LogP contribution in [0, 0.1) is 18.3 Å². The van der Waals surface area contributed by atoms with Gasteiger partial charge in [0.2, 0.25) is 0 Å². The highest BCUT2D eigenvalue weighted by molar-refractivity contribution is 5.39. The van der Waals surface area contributed by atoms with E-state index < -0.39 is 0 Å². The van der Waals surface area contributed by atoms with Crippen LogP contribution in [0.25, 0.3) is 0 Å². The minimum atomic E-state index is 0.741. The third-order valence-corrected chi connectivity index (χ3v) is 4.37. The van der Waals surface area contributed by atoms with Gasteiger partial charge in [-0.05, 0) is 67.5 Å². The van der Waals surface area contributed by atoms with Crippen LogP contribution in [0.3, 0.4) is 0 Å². The standard InChI is InChI=1S/C26H31O/c1-3-5-7-8-9-11-23-12-14-24(15-13-23)16-17-25-18-20-26(21-19-25)27-22-10-6-4-2/h4,12-16,18-21H,2-3,5-8,10,17,22H2,1H3. The Morgan fingerprint density at radius 1 is 0.963 bits per heavy atom. The Kier molecular flexibility index (Phi) is 9.90. The van der Waals surface area contributed by atoms with Crippen molar-refractivity contribution >= 4 is 0 Å². The zero-order chi connectivity index (χ0) is 19.2. The quantitative estimate of drug-likeness (QED) is 0.245. The summed E-state index contributed by atoms with van der Waals surface area (Å²) in [6.07, 6.45) is 11.8. The molecule has 0 aliphatic heterocycles. The van der Waals surface area contributed by atoms with Crippen LogP contribution in [-0.4, -0.2) is 6.61 Å². The average molecular weight is 360 g/mol. The van der Waals surface area contributed by atoms with E-state index in [0.717, 1.165) is 43.6 Å². The molecule has 0 heterocycles. The number of hydrogen-bond acceptors (Lipinski definition) is 1. The van der Waals surface area contributed by atoms with Gasteiger partial charge in [0.15, 0.2) is 0 Å². The molecule has 0 unspecified atom stereocenters. The molecular weight excluding hydrogens is 328 g/mol. The molecule has 1 nitrogen and oxygen atoms in total. The lowest BCUT2D eigenvalue weighted by Crippen LogP contribution is -1.96. The van der Waals surface area contributed by atoms with Crippen molar-refractivity contribution in [3.8, 4) is 17.6 Å². The van der Waals surface area contributed by atoms with Crippen molar-refractivity contribution in [3.63, 3.8) is 0 Å². The molecule has 0 bridgehead atoms. The number of rotatable bonds is 11. The second-order valence-electron chi connectivity index (χ2n) is 6.71. The Bertz CT molecular complexity index is 714. The number of allylic oxidation sites excluding steroid dienone is 1. The molecule has 0 saturated heterocycles. The molecule has 1 heteroatoms. The Labute approximate surface area is 165 Å². The second kappa shape index (κ2) is 12.8. The van der Waals surface area contributed by atoms with Crippen molar-refractivity contribution in [1.29, 1.82) is 0 Å². The molecule has 27 heavy (non-hydrogen) atoms. The lowest BCUT2D eigenvalue weighted by Gasteiger charge is -2.07. The van der Waals surface area contributed by atoms with Gasteiger partial charge in [0.05, 0.1) is 6.61 Å². The van der Waals surface area contributed by atoms with Gasteiger partial charge in [-0.1, -0.05) is 61.9 Å². The zero-order valence-electron chi connectivity index (χ0n) is 16.5. The summed E-state index contributed by atoms with van der Waals surface area (Å²) < 4.78 is 5.72. The summed E-state index contributed by atoms with van der Waals surface area (Å²) in [6, 6.07) is 16.9. The summed E-state index contributed by atoms with van der Waals surface area (Å²) in [6.45, 7) is 6.68. The molecule has 0 aromatic heterocycles. The van der Waals surface area contributed by atoms with E-state index in [-0.39, 0.29) is 0 Å². The van der Waals surface area contributed by atoms with Crippen molar-refractivity contribution in [3.05, 3.63) is 84.3 Å². The van der Waals surface area contributed by atoms with Gasteiger partial charge >= 0.3 is 0 Å². The van der Waals surface area contributed by atoms with Gasteiger partial charge in [0.25, 0.3) is 0 Å². The fraction of sp³-hybridized carbons (Fsp3) is 0.346. The molecule has 2 aromatic carbocycles. The molecule has 0 atom stereocenters. The van der Waals surface area contributed by atoms with E-state index >= 15 is 0 Å². The van der Waals surface area contributed by atoms with Crippen molar-refractivity contribution in [1.82, 2.24) is 0 Å². The number of unbranched alkanes of at least 4 members (excludes halogenated alkanes) is 4. The first kappa shape index (κ1) is 20.8. The Morgan fingerprint density at radius 3 is 2.44 bits per heavy atom. The van der Waals surface area contributed by atoms with E-state index in [1.54, 1.807) is 0 Å². The van der Waals surface area contributed by atoms with Crippen LogP contribution in [0.1, 0.15) is 62.1 Å². The SMILES string of the molecule is C=CCCCOc1ccc(C[CH]c2ccc(C#CCCCCC)cc2)cc1. The van der Waals surface area contributed by atoms with Crippen LogP contribution >= 0.6 is 0 Å². The van der Waals surface area contributed by atoms with Gasteiger partial charge in [-0.25, -0.2) is 0 Å². The third-order valence-electron chi connectivity index (χ3n) is 4.37. The highest BCUT2D eigenvalue weighted by atomic mass is 16.5. The number of hydrogen-bond donors (Lipinski definition) is 0. The maximum absolute atomic E-state index is 5.72. The summed E-state index contributed by atoms with van der Waals surface area (Å²) in [5.41, 5.74) is 3.62. The molecule has 1 radical (unpaired) electrons. The monoisotopic (exact) mass is 359 g/mol. The molecule has 0 aliphatic rings. The van der Waals surface area contributed by atoms with E-state index in [4.69, 9.17) is 4.74 Å². The van der Waals surface area contributed by atoms with Crippen LogP contribution in [-0.2, 0) is 6.42 Å². The smallest absolute Gasteiger partial charge is 0.119 e. The Hall–Kier alpha value is -2.46. The molecule has 141 valence electrons. The molecule has 0 spiro atoms. The van der Waals surface area contributed by atoms with E-state index in [1.165, 1.54) is 30.4 Å². The first-order valence-corrected chi connectivity index (χ1v) is 10.1. The van der Waals surface area contributed by atoms with E-state index in [1.807, 2.05) is 18.2 Å². The van der Waals surface area contributed by atoms with Crippen LogP contribution < -0.4 is 4.74 Å². The average Bonchev–Trinajstić information content (AvgIpc) is 2.71. The molecule has 0 aliphatic carbocycles. The van der Waals surface area contributed by atoms with Crippen molar-refractivity contribution < 1.29 is 4.74 Å². The van der Waals surface area contributed by atoms with Gasteiger partial charge in [0, 0.05) is 12.0 Å². The molecular formula is C26H31O. The summed E-state index contributed by atoms with van der Waals surface area (Å²) in [5, 5.41) is 0. The normalized spacial score (nSPS) is 10.1. The topological polar surface area (TPSA) is 9.23 Å². The van der Waals surface area contributed by atoms with Crippen LogP contribution in [0.4, 0.5) is 0 Å². The summed E-state index contributed by atoms with van der Waals surface area (Å²) in [5.74, 6) is 7.45. The Morgan fingerprint density at radius 2 is 1.74 bits per heavy atom. The summed E-state index contributed by atoms with van der Waals surface area (Å²) >= 11 is 0. The largest absolute Gasteiger partial charge is 0.494 e. The first-order chi connectivity index (χ1) is 13.3. The van der Waals surface area contributed by atoms with E-state index in [0.29, 0.717) is 0 Å². The van der Waals surface area contributed by atoms with E-state index in [2.05, 4.69) is 68.2 Å². The first-order valence-electron chi connectivity index (χ1n) is 10.1. The fourth-order valence-corrected chi connectivity index (χ4v) is 2.71. The van der Waals surface area contributed by atoms with E-state index in [9.17, 15) is 0 Å². The van der Waals surface area contributed by atoms with Crippen molar-refractivity contribution in [2.45, 2.75) is 51.9 Å². The third kappa shape index (κ3) is 8.65. The van der Waals surface area contributed by atoms with Gasteiger partial charge in [-0.15, -0.1) is 6.58 Å². The maximum Gasteiger partial charge on any atom is 0.119 e. The highest BCUT2D eigenvalue weighted by Crippen LogP contribution is 2.16. The molecule has 0 N–H and O–H groups in total. The predicted molar refractivity (Wildman–Crippen MR) is 116 cm³/mol. The Balaban J connectivity index is 1.75.